The van der Waals surface area contributed by atoms with Gasteiger partial charge in [0.15, 0.2) is 0 Å². The molecule has 6 nitrogen and oxygen atoms in total. The molecular weight excluding hydrogens is 284 g/mol. The summed E-state index contributed by atoms with van der Waals surface area (Å²) in [5, 5.41) is 15.1. The summed E-state index contributed by atoms with van der Waals surface area (Å²) in [6.07, 6.45) is 1.43. The Morgan fingerprint density at radius 2 is 1.77 bits per heavy atom. The molecule has 0 saturated carbocycles. The molecule has 0 aliphatic rings. The van der Waals surface area contributed by atoms with E-state index < -0.39 is 17.4 Å². The minimum Gasteiger partial charge on any atom is -0.466 e. The minimum absolute atomic E-state index is 0.127. The molecule has 0 saturated heterocycles. The maximum atomic E-state index is 11.7. The van der Waals surface area contributed by atoms with E-state index in [-0.39, 0.29) is 13.1 Å². The van der Waals surface area contributed by atoms with Crippen LogP contribution in [0.15, 0.2) is 53.1 Å². The van der Waals surface area contributed by atoms with Gasteiger partial charge in [0.05, 0.1) is 12.8 Å². The van der Waals surface area contributed by atoms with E-state index in [0.717, 1.165) is 5.56 Å². The molecule has 22 heavy (non-hydrogen) atoms. The van der Waals surface area contributed by atoms with Crippen molar-refractivity contribution in [3.05, 3.63) is 60.1 Å². The summed E-state index contributed by atoms with van der Waals surface area (Å²) in [5.41, 5.74) is -0.481. The molecule has 6 heteroatoms. The Morgan fingerprint density at radius 1 is 1.09 bits per heavy atom. The van der Waals surface area contributed by atoms with Crippen LogP contribution in [-0.4, -0.2) is 23.5 Å². The van der Waals surface area contributed by atoms with E-state index in [2.05, 4.69) is 10.6 Å². The second kappa shape index (κ2) is 6.91. The summed E-state index contributed by atoms with van der Waals surface area (Å²) in [7, 11) is 0. The lowest BCUT2D eigenvalue weighted by molar-refractivity contribution is -0.140. The summed E-state index contributed by atoms with van der Waals surface area (Å²) < 4.78 is 5.09. The Bertz CT molecular complexity index is 621. The van der Waals surface area contributed by atoms with E-state index in [1.807, 2.05) is 30.3 Å². The Balaban J connectivity index is 1.80. The van der Waals surface area contributed by atoms with E-state index in [1.165, 1.54) is 13.2 Å². The first kappa shape index (κ1) is 15.8. The van der Waals surface area contributed by atoms with Gasteiger partial charge in [0.1, 0.15) is 11.4 Å². The number of benzene rings is 1. The highest BCUT2D eigenvalue weighted by molar-refractivity contribution is 6.35. The standard InChI is InChI=1S/C16H18N2O4/c1-16(21,13-8-5-9-22-13)11-18-15(20)14(19)17-10-12-6-3-2-4-7-12/h2-9,21H,10-11H2,1H3,(H,17,19)(H,18,20). The van der Waals surface area contributed by atoms with Crippen molar-refractivity contribution < 1.29 is 19.1 Å². The van der Waals surface area contributed by atoms with Crippen molar-refractivity contribution in [3.8, 4) is 0 Å². The molecule has 1 aromatic heterocycles. The molecule has 1 heterocycles. The summed E-state index contributed by atoms with van der Waals surface area (Å²) in [6, 6.07) is 12.5. The Morgan fingerprint density at radius 3 is 2.41 bits per heavy atom. The number of carbonyl (C=O) groups is 2. The number of carbonyl (C=O) groups excluding carboxylic acids is 2. The zero-order chi connectivity index (χ0) is 16.0. The first-order valence-corrected chi connectivity index (χ1v) is 6.85. The number of hydrogen-bond donors (Lipinski definition) is 3. The molecule has 2 aromatic rings. The van der Waals surface area contributed by atoms with Gasteiger partial charge in [0.25, 0.3) is 0 Å². The lowest BCUT2D eigenvalue weighted by Crippen LogP contribution is -2.45. The van der Waals surface area contributed by atoms with Crippen LogP contribution in [0.2, 0.25) is 0 Å². The van der Waals surface area contributed by atoms with Gasteiger partial charge in [0, 0.05) is 6.54 Å². The van der Waals surface area contributed by atoms with Crippen LogP contribution in [0.3, 0.4) is 0 Å². The Labute approximate surface area is 128 Å². The largest absolute Gasteiger partial charge is 0.466 e. The third-order valence-electron chi connectivity index (χ3n) is 3.15. The molecule has 0 bridgehead atoms. The second-order valence-electron chi connectivity index (χ2n) is 5.10. The Kier molecular flexibility index (Phi) is 4.95. The average molecular weight is 302 g/mol. The van der Waals surface area contributed by atoms with E-state index in [1.54, 1.807) is 12.1 Å². The van der Waals surface area contributed by atoms with Gasteiger partial charge in [-0.25, -0.2) is 0 Å². The summed E-state index contributed by atoms with van der Waals surface area (Å²) in [4.78, 5) is 23.4. The highest BCUT2D eigenvalue weighted by Crippen LogP contribution is 2.19. The smallest absolute Gasteiger partial charge is 0.309 e. The molecular formula is C16H18N2O4. The van der Waals surface area contributed by atoms with Crippen molar-refractivity contribution in [3.63, 3.8) is 0 Å². The fraction of sp³-hybridized carbons (Fsp3) is 0.250. The van der Waals surface area contributed by atoms with Crippen LogP contribution in [0.4, 0.5) is 0 Å². The van der Waals surface area contributed by atoms with Crippen molar-refractivity contribution in [1.29, 1.82) is 0 Å². The molecule has 0 fully saturated rings. The molecule has 0 spiro atoms. The molecule has 0 aliphatic heterocycles. The van der Waals surface area contributed by atoms with Gasteiger partial charge in [-0.05, 0) is 24.6 Å². The van der Waals surface area contributed by atoms with Gasteiger partial charge in [0.2, 0.25) is 0 Å². The van der Waals surface area contributed by atoms with Gasteiger partial charge >= 0.3 is 11.8 Å². The fourth-order valence-electron chi connectivity index (χ4n) is 1.86. The van der Waals surface area contributed by atoms with E-state index in [0.29, 0.717) is 5.76 Å². The van der Waals surface area contributed by atoms with Crippen molar-refractivity contribution in [2.45, 2.75) is 19.1 Å². The van der Waals surface area contributed by atoms with Crippen molar-refractivity contribution in [1.82, 2.24) is 10.6 Å². The van der Waals surface area contributed by atoms with Gasteiger partial charge < -0.3 is 20.2 Å². The maximum Gasteiger partial charge on any atom is 0.309 e. The van der Waals surface area contributed by atoms with Crippen LogP contribution in [-0.2, 0) is 21.7 Å². The van der Waals surface area contributed by atoms with Crippen LogP contribution < -0.4 is 10.6 Å². The molecule has 2 rings (SSSR count). The molecule has 2 amide bonds. The zero-order valence-electron chi connectivity index (χ0n) is 12.2. The molecule has 0 radical (unpaired) electrons. The number of amides is 2. The minimum atomic E-state index is -1.38. The average Bonchev–Trinajstić information content (AvgIpc) is 3.06. The zero-order valence-corrected chi connectivity index (χ0v) is 12.2. The van der Waals surface area contributed by atoms with Gasteiger partial charge in [-0.15, -0.1) is 0 Å². The van der Waals surface area contributed by atoms with E-state index >= 15 is 0 Å². The summed E-state index contributed by atoms with van der Waals surface area (Å²) in [5.74, 6) is -1.24. The maximum absolute atomic E-state index is 11.7. The first-order chi connectivity index (χ1) is 10.5. The molecule has 3 N–H and O–H groups in total. The van der Waals surface area contributed by atoms with Crippen molar-refractivity contribution >= 4 is 11.8 Å². The van der Waals surface area contributed by atoms with Gasteiger partial charge in [-0.3, -0.25) is 9.59 Å². The second-order valence-corrected chi connectivity index (χ2v) is 5.10. The third-order valence-corrected chi connectivity index (χ3v) is 3.15. The summed E-state index contributed by atoms with van der Waals surface area (Å²) >= 11 is 0. The van der Waals surface area contributed by atoms with Crippen molar-refractivity contribution in [2.24, 2.45) is 0 Å². The fourth-order valence-corrected chi connectivity index (χ4v) is 1.86. The number of rotatable bonds is 5. The highest BCUT2D eigenvalue weighted by atomic mass is 16.4. The van der Waals surface area contributed by atoms with Crippen LogP contribution >= 0.6 is 0 Å². The van der Waals surface area contributed by atoms with E-state index in [4.69, 9.17) is 4.42 Å². The summed E-state index contributed by atoms with van der Waals surface area (Å²) in [6.45, 7) is 1.63. The van der Waals surface area contributed by atoms with Crippen molar-refractivity contribution in [2.75, 3.05) is 6.54 Å². The van der Waals surface area contributed by atoms with Crippen LogP contribution in [0.5, 0.6) is 0 Å². The Hall–Kier alpha value is -2.60. The monoisotopic (exact) mass is 302 g/mol. The number of nitrogens with one attached hydrogen (secondary N) is 2. The van der Waals surface area contributed by atoms with Crippen LogP contribution in [0.1, 0.15) is 18.2 Å². The topological polar surface area (TPSA) is 91.6 Å². The molecule has 0 aliphatic carbocycles. The lowest BCUT2D eigenvalue weighted by atomic mass is 10.0. The number of furan rings is 1. The molecule has 1 aromatic carbocycles. The predicted octanol–water partition coefficient (Wildman–Crippen LogP) is 0.920. The third kappa shape index (κ3) is 4.20. The van der Waals surface area contributed by atoms with Gasteiger partial charge in [-0.2, -0.15) is 0 Å². The number of hydrogen-bond acceptors (Lipinski definition) is 4. The normalized spacial score (nSPS) is 13.2. The first-order valence-electron chi connectivity index (χ1n) is 6.85. The predicted molar refractivity (Wildman–Crippen MR) is 79.6 cm³/mol. The molecule has 116 valence electrons. The molecule has 1 atom stereocenters. The quantitative estimate of drug-likeness (QED) is 0.716. The van der Waals surface area contributed by atoms with Crippen LogP contribution in [0, 0.1) is 0 Å². The SMILES string of the molecule is CC(O)(CNC(=O)C(=O)NCc1ccccc1)c1ccco1. The number of aliphatic hydroxyl groups is 1. The molecule has 1 unspecified atom stereocenters. The van der Waals surface area contributed by atoms with Gasteiger partial charge in [-0.1, -0.05) is 30.3 Å². The van der Waals surface area contributed by atoms with Crippen LogP contribution in [0.25, 0.3) is 0 Å². The van der Waals surface area contributed by atoms with E-state index in [9.17, 15) is 14.7 Å². The highest BCUT2D eigenvalue weighted by Gasteiger charge is 2.27. The lowest BCUT2D eigenvalue weighted by Gasteiger charge is -2.20.